The Bertz CT molecular complexity index is 1020. The van der Waals surface area contributed by atoms with Crippen LogP contribution in [0.25, 0.3) is 16.8 Å². The maximum absolute atomic E-state index is 12.1. The van der Waals surface area contributed by atoms with Crippen LogP contribution in [0.5, 0.6) is 0 Å². The molecule has 3 aromatic carbocycles. The number of carboxylic acids is 1. The Labute approximate surface area is 170 Å². The summed E-state index contributed by atoms with van der Waals surface area (Å²) in [7, 11) is 0. The van der Waals surface area contributed by atoms with Crippen molar-refractivity contribution in [2.45, 2.75) is 32.1 Å². The summed E-state index contributed by atoms with van der Waals surface area (Å²) < 4.78 is 0. The second-order valence-corrected chi connectivity index (χ2v) is 7.01. The van der Waals surface area contributed by atoms with E-state index in [2.05, 4.69) is 47.8 Å². The van der Waals surface area contributed by atoms with Crippen molar-refractivity contribution < 1.29 is 14.7 Å². The lowest BCUT2D eigenvalue weighted by atomic mass is 10.1. The number of hydrogen-bond donors (Lipinski definition) is 2. The van der Waals surface area contributed by atoms with Gasteiger partial charge >= 0.3 is 5.97 Å². The van der Waals surface area contributed by atoms with Crippen molar-refractivity contribution in [2.75, 3.05) is 5.32 Å². The first-order valence-corrected chi connectivity index (χ1v) is 9.91. The molecular weight excluding hydrogens is 362 g/mol. The normalized spacial score (nSPS) is 11.0. The number of aromatic carboxylic acids is 1. The molecule has 0 fully saturated rings. The van der Waals surface area contributed by atoms with E-state index in [1.165, 1.54) is 22.4 Å². The second-order valence-electron chi connectivity index (χ2n) is 7.01. The fraction of sp³-hybridized carbons (Fsp3) is 0.200. The average Bonchev–Trinajstić information content (AvgIpc) is 2.73. The highest BCUT2D eigenvalue weighted by Crippen LogP contribution is 2.18. The van der Waals surface area contributed by atoms with E-state index in [-0.39, 0.29) is 11.5 Å². The summed E-state index contributed by atoms with van der Waals surface area (Å²) in [5.41, 5.74) is 1.66. The molecule has 4 nitrogen and oxygen atoms in total. The van der Waals surface area contributed by atoms with Gasteiger partial charge in [0.25, 0.3) is 0 Å². The van der Waals surface area contributed by atoms with Gasteiger partial charge in [0.05, 0.1) is 11.3 Å². The summed E-state index contributed by atoms with van der Waals surface area (Å²) in [5, 5.41) is 14.3. The molecule has 0 saturated heterocycles. The van der Waals surface area contributed by atoms with E-state index in [9.17, 15) is 9.59 Å². The minimum absolute atomic E-state index is 0.111. The van der Waals surface area contributed by atoms with Crippen LogP contribution in [0.2, 0.25) is 0 Å². The largest absolute Gasteiger partial charge is 0.478 e. The third-order valence-corrected chi connectivity index (χ3v) is 4.79. The van der Waals surface area contributed by atoms with Crippen LogP contribution < -0.4 is 5.32 Å². The highest BCUT2D eigenvalue weighted by molar-refractivity contribution is 6.00. The third-order valence-electron chi connectivity index (χ3n) is 4.79. The number of allylic oxidation sites excluding steroid dienone is 1. The second kappa shape index (κ2) is 10.2. The molecule has 0 saturated carbocycles. The molecule has 29 heavy (non-hydrogen) atoms. The van der Waals surface area contributed by atoms with Gasteiger partial charge in [0, 0.05) is 6.42 Å². The fourth-order valence-electron chi connectivity index (χ4n) is 3.25. The van der Waals surface area contributed by atoms with E-state index >= 15 is 0 Å². The maximum Gasteiger partial charge on any atom is 0.337 e. The lowest BCUT2D eigenvalue weighted by Crippen LogP contribution is -2.14. The quantitative estimate of drug-likeness (QED) is 0.433. The monoisotopic (exact) mass is 387 g/mol. The molecule has 0 aliphatic carbocycles. The Hall–Kier alpha value is -3.40. The molecule has 3 rings (SSSR count). The number of rotatable bonds is 9. The summed E-state index contributed by atoms with van der Waals surface area (Å²) in [6.07, 6.45) is 8.43. The summed E-state index contributed by atoms with van der Waals surface area (Å²) in [4.78, 5) is 23.2. The molecule has 0 radical (unpaired) electrons. The lowest BCUT2D eigenvalue weighted by molar-refractivity contribution is -0.116. The number of amides is 1. The third kappa shape index (κ3) is 6.04. The van der Waals surface area contributed by atoms with Gasteiger partial charge in [-0.1, -0.05) is 67.1 Å². The van der Waals surface area contributed by atoms with Crippen LogP contribution in [0.1, 0.15) is 48.0 Å². The van der Waals surface area contributed by atoms with Gasteiger partial charge in [0.1, 0.15) is 0 Å². The fourth-order valence-corrected chi connectivity index (χ4v) is 3.25. The van der Waals surface area contributed by atoms with Gasteiger partial charge in [-0.15, -0.1) is 0 Å². The van der Waals surface area contributed by atoms with Gasteiger partial charge in [-0.3, -0.25) is 4.79 Å². The molecule has 2 N–H and O–H groups in total. The molecule has 3 aromatic rings. The number of carbonyl (C=O) groups is 2. The van der Waals surface area contributed by atoms with Crippen LogP contribution in [-0.4, -0.2) is 17.0 Å². The molecular formula is C25H25NO3. The SMILES string of the molecule is O=C(CCCCCC=Cc1ccc2ccccc2c1)Nc1ccccc1C(=O)O. The Morgan fingerprint density at radius 3 is 2.45 bits per heavy atom. The molecule has 4 heteroatoms. The van der Waals surface area contributed by atoms with Crippen molar-refractivity contribution in [1.29, 1.82) is 0 Å². The van der Waals surface area contributed by atoms with Gasteiger partial charge in [0.15, 0.2) is 0 Å². The highest BCUT2D eigenvalue weighted by Gasteiger charge is 2.11. The summed E-state index contributed by atoms with van der Waals surface area (Å²) >= 11 is 0. The molecule has 0 unspecified atom stereocenters. The van der Waals surface area contributed by atoms with Crippen molar-refractivity contribution in [3.05, 3.63) is 83.9 Å². The molecule has 0 atom stereocenters. The maximum atomic E-state index is 12.1. The summed E-state index contributed by atoms with van der Waals surface area (Å²) in [6, 6.07) is 21.2. The van der Waals surface area contributed by atoms with Crippen molar-refractivity contribution in [2.24, 2.45) is 0 Å². The van der Waals surface area contributed by atoms with Crippen LogP contribution in [0, 0.1) is 0 Å². The zero-order valence-corrected chi connectivity index (χ0v) is 16.3. The first kappa shape index (κ1) is 20.3. The zero-order valence-electron chi connectivity index (χ0n) is 16.3. The van der Waals surface area contributed by atoms with Gasteiger partial charge in [-0.25, -0.2) is 4.79 Å². The first-order chi connectivity index (χ1) is 14.1. The molecule has 148 valence electrons. The number of unbranched alkanes of at least 4 members (excludes halogenated alkanes) is 3. The van der Waals surface area contributed by atoms with Crippen molar-refractivity contribution in [1.82, 2.24) is 0 Å². The van der Waals surface area contributed by atoms with Crippen LogP contribution >= 0.6 is 0 Å². The highest BCUT2D eigenvalue weighted by atomic mass is 16.4. The molecule has 0 spiro atoms. The van der Waals surface area contributed by atoms with E-state index in [0.29, 0.717) is 12.1 Å². The number of benzene rings is 3. The van der Waals surface area contributed by atoms with Crippen LogP contribution in [0.4, 0.5) is 5.69 Å². The number of fused-ring (bicyclic) bond motifs is 1. The predicted molar refractivity (Wildman–Crippen MR) is 118 cm³/mol. The number of hydrogen-bond acceptors (Lipinski definition) is 2. The van der Waals surface area contributed by atoms with Gasteiger partial charge < -0.3 is 10.4 Å². The molecule has 0 bridgehead atoms. The molecule has 0 aliphatic rings. The Morgan fingerprint density at radius 2 is 1.62 bits per heavy atom. The number of nitrogens with one attached hydrogen (secondary N) is 1. The van der Waals surface area contributed by atoms with Gasteiger partial charge in [-0.05, 0) is 53.8 Å². The number of para-hydroxylation sites is 1. The smallest absolute Gasteiger partial charge is 0.337 e. The molecule has 0 aliphatic heterocycles. The lowest BCUT2D eigenvalue weighted by Gasteiger charge is -2.08. The van der Waals surface area contributed by atoms with E-state index in [4.69, 9.17) is 5.11 Å². The van der Waals surface area contributed by atoms with Crippen molar-refractivity contribution >= 4 is 34.4 Å². The minimum atomic E-state index is -1.04. The Morgan fingerprint density at radius 1 is 0.862 bits per heavy atom. The van der Waals surface area contributed by atoms with Crippen molar-refractivity contribution in [3.8, 4) is 0 Å². The van der Waals surface area contributed by atoms with E-state index in [1.807, 2.05) is 12.1 Å². The number of anilines is 1. The first-order valence-electron chi connectivity index (χ1n) is 9.91. The van der Waals surface area contributed by atoms with E-state index in [1.54, 1.807) is 18.2 Å². The molecule has 0 aromatic heterocycles. The van der Waals surface area contributed by atoms with Crippen molar-refractivity contribution in [3.63, 3.8) is 0 Å². The minimum Gasteiger partial charge on any atom is -0.478 e. The van der Waals surface area contributed by atoms with Gasteiger partial charge in [-0.2, -0.15) is 0 Å². The number of carboxylic acid groups (broad SMARTS) is 1. The average molecular weight is 387 g/mol. The standard InChI is InChI=1S/C25H25NO3/c27-24(26-23-14-9-8-13-22(23)25(28)29)15-5-3-1-2-4-10-19-16-17-20-11-6-7-12-21(20)18-19/h4,6-14,16-18H,1-3,5,15H2,(H,26,27)(H,28,29). The molecule has 1 amide bonds. The van der Waals surface area contributed by atoms with Crippen LogP contribution in [0.15, 0.2) is 72.8 Å². The Balaban J connectivity index is 1.37. The van der Waals surface area contributed by atoms with E-state index < -0.39 is 5.97 Å². The van der Waals surface area contributed by atoms with Gasteiger partial charge in [0.2, 0.25) is 5.91 Å². The molecule has 0 heterocycles. The van der Waals surface area contributed by atoms with Crippen LogP contribution in [-0.2, 0) is 4.79 Å². The zero-order chi connectivity index (χ0) is 20.5. The van der Waals surface area contributed by atoms with Crippen LogP contribution in [0.3, 0.4) is 0 Å². The topological polar surface area (TPSA) is 66.4 Å². The Kier molecular flexibility index (Phi) is 7.17. The summed E-state index contributed by atoms with van der Waals surface area (Å²) in [5.74, 6) is -1.19. The summed E-state index contributed by atoms with van der Waals surface area (Å²) in [6.45, 7) is 0. The number of carbonyl (C=O) groups excluding carboxylic acids is 1. The van der Waals surface area contributed by atoms with E-state index in [0.717, 1.165) is 25.7 Å². The predicted octanol–water partition coefficient (Wildman–Crippen LogP) is 6.14.